The molecule has 0 saturated heterocycles. The topological polar surface area (TPSA) is 58.5 Å². The minimum Gasteiger partial charge on any atom is -0.266 e. The molecule has 0 fully saturated rings. The highest BCUT2D eigenvalue weighted by Crippen LogP contribution is 2.27. The third kappa shape index (κ3) is 3.13. The van der Waals surface area contributed by atoms with Crippen LogP contribution in [0.4, 0.5) is 5.69 Å². The molecule has 0 unspecified atom stereocenters. The Labute approximate surface area is 137 Å². The third-order valence-corrected chi connectivity index (χ3v) is 4.49. The van der Waals surface area contributed by atoms with Gasteiger partial charge in [0.2, 0.25) is 0 Å². The number of nitrogens with zero attached hydrogens (tertiary/aromatic N) is 4. The quantitative estimate of drug-likeness (QED) is 0.847. The molecule has 0 spiro atoms. The molecule has 0 bridgehead atoms. The lowest BCUT2D eigenvalue weighted by atomic mass is 10.2. The standard InChI is InChI=1S/C15H13ClN4OS/c1-10-9-22-15(19-10)20(12-4-2-11(16)3-5-12)14(21)13-8-17-6-7-18-13/h2-8,10H,9H2,1H3/t10-/m0/s1. The number of aromatic nitrogens is 2. The van der Waals surface area contributed by atoms with Gasteiger partial charge in [-0.25, -0.2) is 4.98 Å². The van der Waals surface area contributed by atoms with Gasteiger partial charge >= 0.3 is 0 Å². The second-order valence-electron chi connectivity index (χ2n) is 4.78. The van der Waals surface area contributed by atoms with E-state index in [-0.39, 0.29) is 17.6 Å². The number of rotatable bonds is 2. The molecule has 1 atom stereocenters. The van der Waals surface area contributed by atoms with Gasteiger partial charge in [-0.1, -0.05) is 23.4 Å². The Kier molecular flexibility index (Phi) is 4.40. The van der Waals surface area contributed by atoms with Crippen molar-refractivity contribution in [1.82, 2.24) is 9.97 Å². The molecule has 1 aliphatic rings. The molecule has 112 valence electrons. The van der Waals surface area contributed by atoms with Gasteiger partial charge in [0.15, 0.2) is 5.17 Å². The molecule has 2 aromatic rings. The number of amidine groups is 1. The van der Waals surface area contributed by atoms with E-state index < -0.39 is 0 Å². The summed E-state index contributed by atoms with van der Waals surface area (Å²) in [6, 6.07) is 7.27. The van der Waals surface area contributed by atoms with Gasteiger partial charge in [-0.3, -0.25) is 19.7 Å². The van der Waals surface area contributed by atoms with Crippen LogP contribution in [0.3, 0.4) is 0 Å². The van der Waals surface area contributed by atoms with Gasteiger partial charge in [-0.15, -0.1) is 0 Å². The fourth-order valence-corrected chi connectivity index (χ4v) is 3.17. The van der Waals surface area contributed by atoms with Crippen LogP contribution in [0, 0.1) is 0 Å². The summed E-state index contributed by atoms with van der Waals surface area (Å²) in [5.74, 6) is 0.600. The summed E-state index contributed by atoms with van der Waals surface area (Å²) in [4.78, 5) is 27.0. The van der Waals surface area contributed by atoms with Crippen molar-refractivity contribution in [2.75, 3.05) is 10.7 Å². The van der Waals surface area contributed by atoms with Crippen LogP contribution in [0.2, 0.25) is 5.02 Å². The normalized spacial score (nSPS) is 17.2. The number of hydrogen-bond donors (Lipinski definition) is 0. The average molecular weight is 333 g/mol. The Balaban J connectivity index is 2.01. The summed E-state index contributed by atoms with van der Waals surface area (Å²) in [5, 5.41) is 1.29. The highest BCUT2D eigenvalue weighted by Gasteiger charge is 2.28. The number of anilines is 1. The van der Waals surface area contributed by atoms with Gasteiger partial charge in [0.05, 0.1) is 17.9 Å². The van der Waals surface area contributed by atoms with E-state index in [4.69, 9.17) is 11.6 Å². The van der Waals surface area contributed by atoms with E-state index in [1.54, 1.807) is 40.9 Å². The highest BCUT2D eigenvalue weighted by atomic mass is 35.5. The first kappa shape index (κ1) is 15.0. The summed E-state index contributed by atoms with van der Waals surface area (Å²) >= 11 is 7.49. The zero-order valence-corrected chi connectivity index (χ0v) is 13.4. The van der Waals surface area contributed by atoms with E-state index in [1.165, 1.54) is 18.6 Å². The summed E-state index contributed by atoms with van der Waals surface area (Å²) in [7, 11) is 0. The lowest BCUT2D eigenvalue weighted by molar-refractivity contribution is 0.0998. The van der Waals surface area contributed by atoms with Crippen LogP contribution < -0.4 is 4.90 Å². The first-order valence-electron chi connectivity index (χ1n) is 6.72. The van der Waals surface area contributed by atoms with Crippen LogP contribution in [0.25, 0.3) is 0 Å². The SMILES string of the molecule is C[C@H]1CSC(N(C(=O)c2cnccn2)c2ccc(Cl)cc2)=N1. The number of carbonyl (C=O) groups is 1. The molecule has 0 N–H and O–H groups in total. The molecule has 1 amide bonds. The Morgan fingerprint density at radius 2 is 2.09 bits per heavy atom. The number of benzene rings is 1. The largest absolute Gasteiger partial charge is 0.284 e. The van der Waals surface area contributed by atoms with Crippen LogP contribution >= 0.6 is 23.4 Å². The summed E-state index contributed by atoms with van der Waals surface area (Å²) < 4.78 is 0. The maximum Gasteiger partial charge on any atom is 0.284 e. The molecular weight excluding hydrogens is 320 g/mol. The van der Waals surface area contributed by atoms with E-state index in [9.17, 15) is 4.79 Å². The average Bonchev–Trinajstić information content (AvgIpc) is 2.96. The predicted octanol–water partition coefficient (Wildman–Crippen LogP) is 3.27. The zero-order chi connectivity index (χ0) is 15.5. The molecule has 1 aliphatic heterocycles. The first-order valence-corrected chi connectivity index (χ1v) is 8.08. The fourth-order valence-electron chi connectivity index (χ4n) is 2.01. The fraction of sp³-hybridized carbons (Fsp3) is 0.200. The molecule has 1 aromatic carbocycles. The maximum absolute atomic E-state index is 12.8. The molecule has 7 heteroatoms. The minimum atomic E-state index is -0.254. The van der Waals surface area contributed by atoms with Gasteiger partial charge < -0.3 is 0 Å². The summed E-state index contributed by atoms with van der Waals surface area (Å²) in [6.07, 6.45) is 4.49. The molecule has 22 heavy (non-hydrogen) atoms. The van der Waals surface area contributed by atoms with Gasteiger partial charge in [-0.2, -0.15) is 0 Å². The Morgan fingerprint density at radius 1 is 1.32 bits per heavy atom. The second kappa shape index (κ2) is 6.46. The van der Waals surface area contributed by atoms with Gasteiger partial charge in [0, 0.05) is 23.2 Å². The van der Waals surface area contributed by atoms with Gasteiger partial charge in [0.1, 0.15) is 5.69 Å². The number of amides is 1. The summed E-state index contributed by atoms with van der Waals surface area (Å²) in [6.45, 7) is 2.02. The van der Waals surface area contributed by atoms with Crippen molar-refractivity contribution in [3.8, 4) is 0 Å². The van der Waals surface area contributed by atoms with E-state index in [2.05, 4.69) is 15.0 Å². The molecule has 3 rings (SSSR count). The molecule has 0 saturated carbocycles. The Bertz CT molecular complexity index is 705. The van der Waals surface area contributed by atoms with Crippen molar-refractivity contribution in [3.05, 3.63) is 53.6 Å². The number of hydrogen-bond acceptors (Lipinski definition) is 5. The van der Waals surface area contributed by atoms with Crippen molar-refractivity contribution in [2.45, 2.75) is 13.0 Å². The van der Waals surface area contributed by atoms with Crippen molar-refractivity contribution >= 4 is 40.1 Å². The van der Waals surface area contributed by atoms with E-state index in [0.717, 1.165) is 5.75 Å². The zero-order valence-electron chi connectivity index (χ0n) is 11.8. The first-order chi connectivity index (χ1) is 10.6. The molecule has 0 aliphatic carbocycles. The lowest BCUT2D eigenvalue weighted by Gasteiger charge is -2.21. The maximum atomic E-state index is 12.8. The molecule has 2 heterocycles. The summed E-state index contributed by atoms with van der Waals surface area (Å²) in [5.41, 5.74) is 0.987. The number of thioether (sulfide) groups is 1. The van der Waals surface area contributed by atoms with Crippen molar-refractivity contribution < 1.29 is 4.79 Å². The second-order valence-corrected chi connectivity index (χ2v) is 6.20. The molecular formula is C15H13ClN4OS. The number of aliphatic imine (C=N–C) groups is 1. The van der Waals surface area contributed by atoms with Crippen molar-refractivity contribution in [3.63, 3.8) is 0 Å². The lowest BCUT2D eigenvalue weighted by Crippen LogP contribution is -2.35. The third-order valence-electron chi connectivity index (χ3n) is 3.05. The Hall–Kier alpha value is -1.92. The van der Waals surface area contributed by atoms with Crippen molar-refractivity contribution in [2.24, 2.45) is 4.99 Å². The van der Waals surface area contributed by atoms with Crippen molar-refractivity contribution in [1.29, 1.82) is 0 Å². The Morgan fingerprint density at radius 3 is 2.68 bits per heavy atom. The number of halogens is 1. The van der Waals surface area contributed by atoms with Crippen LogP contribution in [-0.2, 0) is 0 Å². The van der Waals surface area contributed by atoms with E-state index >= 15 is 0 Å². The highest BCUT2D eigenvalue weighted by molar-refractivity contribution is 8.14. The van der Waals surface area contributed by atoms with Crippen LogP contribution in [0.5, 0.6) is 0 Å². The molecule has 5 nitrogen and oxygen atoms in total. The van der Waals surface area contributed by atoms with E-state index in [1.807, 2.05) is 6.92 Å². The van der Waals surface area contributed by atoms with E-state index in [0.29, 0.717) is 15.9 Å². The number of carbonyl (C=O) groups excluding carboxylic acids is 1. The predicted molar refractivity (Wildman–Crippen MR) is 89.6 cm³/mol. The monoisotopic (exact) mass is 332 g/mol. The van der Waals surface area contributed by atoms with Gasteiger partial charge in [-0.05, 0) is 31.2 Å². The van der Waals surface area contributed by atoms with Crippen LogP contribution in [-0.4, -0.2) is 32.8 Å². The smallest absolute Gasteiger partial charge is 0.266 e. The molecule has 1 aromatic heterocycles. The van der Waals surface area contributed by atoms with Crippen LogP contribution in [0.15, 0.2) is 47.8 Å². The van der Waals surface area contributed by atoms with Gasteiger partial charge in [0.25, 0.3) is 5.91 Å². The van der Waals surface area contributed by atoms with Crippen LogP contribution in [0.1, 0.15) is 17.4 Å². The minimum absolute atomic E-state index is 0.185. The molecule has 0 radical (unpaired) electrons.